The average Bonchev–Trinajstić information content (AvgIpc) is 2.78. The zero-order valence-electron chi connectivity index (χ0n) is 17.8. The fraction of sp³-hybridized carbons (Fsp3) is 0.167. The molecule has 0 aliphatic heterocycles. The van der Waals surface area contributed by atoms with Crippen molar-refractivity contribution in [1.82, 2.24) is 0 Å². The van der Waals surface area contributed by atoms with Gasteiger partial charge in [0, 0.05) is 16.9 Å². The molecule has 172 valence electrons. The van der Waals surface area contributed by atoms with E-state index in [1.165, 1.54) is 31.4 Å². The molecule has 0 radical (unpaired) electrons. The number of rotatable bonds is 7. The molecule has 3 aromatic rings. The minimum absolute atomic E-state index is 0.00436. The molecule has 33 heavy (non-hydrogen) atoms. The van der Waals surface area contributed by atoms with Gasteiger partial charge in [-0.2, -0.15) is 13.2 Å². The summed E-state index contributed by atoms with van der Waals surface area (Å²) in [4.78, 5) is 24.8. The van der Waals surface area contributed by atoms with E-state index < -0.39 is 23.6 Å². The number of hydrogen-bond acceptors (Lipinski definition) is 4. The molecule has 2 amide bonds. The molecule has 3 aromatic carbocycles. The molecule has 3 rings (SSSR count). The van der Waals surface area contributed by atoms with Gasteiger partial charge >= 0.3 is 6.18 Å². The van der Waals surface area contributed by atoms with E-state index in [2.05, 4.69) is 10.6 Å². The second kappa shape index (κ2) is 10.1. The number of nitrogens with one attached hydrogen (secondary N) is 2. The van der Waals surface area contributed by atoms with Crippen LogP contribution >= 0.6 is 0 Å². The van der Waals surface area contributed by atoms with E-state index in [9.17, 15) is 22.8 Å². The number of aryl methyl sites for hydroxylation is 1. The summed E-state index contributed by atoms with van der Waals surface area (Å²) in [5, 5.41) is 5.04. The van der Waals surface area contributed by atoms with Crippen LogP contribution in [0.4, 0.5) is 24.5 Å². The number of halogens is 3. The number of alkyl halides is 3. The number of methoxy groups -OCH3 is 1. The Labute approximate surface area is 188 Å². The van der Waals surface area contributed by atoms with Crippen LogP contribution in [0.25, 0.3) is 0 Å². The highest BCUT2D eigenvalue weighted by Gasteiger charge is 2.30. The first-order chi connectivity index (χ1) is 15.7. The van der Waals surface area contributed by atoms with Gasteiger partial charge in [-0.25, -0.2) is 0 Å². The van der Waals surface area contributed by atoms with Gasteiger partial charge in [0.2, 0.25) is 0 Å². The molecule has 0 aliphatic rings. The van der Waals surface area contributed by atoms with E-state index in [-0.39, 0.29) is 17.9 Å². The Bertz CT molecular complexity index is 1160. The highest BCUT2D eigenvalue weighted by molar-refractivity contribution is 6.05. The van der Waals surface area contributed by atoms with E-state index >= 15 is 0 Å². The molecule has 0 saturated carbocycles. The zero-order chi connectivity index (χ0) is 24.0. The predicted molar refractivity (Wildman–Crippen MR) is 118 cm³/mol. The Hall–Kier alpha value is -4.01. The summed E-state index contributed by atoms with van der Waals surface area (Å²) in [6, 6.07) is 15.6. The van der Waals surface area contributed by atoms with Crippen LogP contribution in [0, 0.1) is 6.92 Å². The number of carbonyl (C=O) groups excluding carboxylic acids is 2. The third kappa shape index (κ3) is 6.49. The van der Waals surface area contributed by atoms with Gasteiger partial charge in [-0.1, -0.05) is 18.2 Å². The SMILES string of the molecule is COc1cc(C)ccc1OCC(=O)Nc1cccc(C(=O)Nc2cccc(C(F)(F)F)c2)c1. The molecule has 0 unspecified atom stereocenters. The lowest BCUT2D eigenvalue weighted by Gasteiger charge is -2.12. The Morgan fingerprint density at radius 2 is 1.58 bits per heavy atom. The largest absolute Gasteiger partial charge is 0.493 e. The highest BCUT2D eigenvalue weighted by Crippen LogP contribution is 2.31. The van der Waals surface area contributed by atoms with Crippen molar-refractivity contribution in [1.29, 1.82) is 0 Å². The third-order valence-electron chi connectivity index (χ3n) is 4.53. The lowest BCUT2D eigenvalue weighted by atomic mass is 10.1. The first-order valence-corrected chi connectivity index (χ1v) is 9.81. The van der Waals surface area contributed by atoms with Crippen LogP contribution in [0.3, 0.4) is 0 Å². The monoisotopic (exact) mass is 458 g/mol. The number of anilines is 2. The Morgan fingerprint density at radius 3 is 2.27 bits per heavy atom. The van der Waals surface area contributed by atoms with Crippen molar-refractivity contribution < 1.29 is 32.2 Å². The fourth-order valence-corrected chi connectivity index (χ4v) is 2.95. The number of carbonyl (C=O) groups is 2. The lowest BCUT2D eigenvalue weighted by Crippen LogP contribution is -2.21. The molecular formula is C24H21F3N2O4. The molecule has 0 aromatic heterocycles. The molecule has 0 spiro atoms. The summed E-state index contributed by atoms with van der Waals surface area (Å²) in [5.74, 6) is -0.178. The number of benzene rings is 3. The van der Waals surface area contributed by atoms with Gasteiger partial charge in [-0.05, 0) is 61.0 Å². The van der Waals surface area contributed by atoms with Gasteiger partial charge in [-0.3, -0.25) is 9.59 Å². The second-order valence-electron chi connectivity index (χ2n) is 7.10. The van der Waals surface area contributed by atoms with Crippen LogP contribution in [-0.2, 0) is 11.0 Å². The summed E-state index contributed by atoms with van der Waals surface area (Å²) in [6.45, 7) is 1.61. The molecule has 0 aliphatic carbocycles. The standard InChI is InChI=1S/C24H21F3N2O4/c1-15-9-10-20(21(11-15)32-2)33-14-22(30)28-18-7-3-5-16(12-18)23(31)29-19-8-4-6-17(13-19)24(25,26)27/h3-13H,14H2,1-2H3,(H,28,30)(H,29,31). The molecule has 0 heterocycles. The van der Waals surface area contributed by atoms with E-state index in [4.69, 9.17) is 9.47 Å². The van der Waals surface area contributed by atoms with Crippen molar-refractivity contribution in [2.24, 2.45) is 0 Å². The molecule has 0 atom stereocenters. The Kier molecular flexibility index (Phi) is 7.22. The van der Waals surface area contributed by atoms with E-state index in [1.54, 1.807) is 24.3 Å². The van der Waals surface area contributed by atoms with Gasteiger partial charge in [0.15, 0.2) is 18.1 Å². The van der Waals surface area contributed by atoms with Crippen molar-refractivity contribution in [3.05, 3.63) is 83.4 Å². The molecule has 6 nitrogen and oxygen atoms in total. The van der Waals surface area contributed by atoms with Gasteiger partial charge in [-0.15, -0.1) is 0 Å². The maximum absolute atomic E-state index is 12.9. The first-order valence-electron chi connectivity index (χ1n) is 9.81. The van der Waals surface area contributed by atoms with Gasteiger partial charge in [0.25, 0.3) is 11.8 Å². The maximum Gasteiger partial charge on any atom is 0.416 e. The van der Waals surface area contributed by atoms with Gasteiger partial charge in [0.05, 0.1) is 12.7 Å². The van der Waals surface area contributed by atoms with Crippen molar-refractivity contribution in [2.45, 2.75) is 13.1 Å². The van der Waals surface area contributed by atoms with E-state index in [0.29, 0.717) is 17.2 Å². The summed E-state index contributed by atoms with van der Waals surface area (Å²) in [7, 11) is 1.50. The topological polar surface area (TPSA) is 76.7 Å². The second-order valence-corrected chi connectivity index (χ2v) is 7.10. The Balaban J connectivity index is 1.62. The molecular weight excluding hydrogens is 437 g/mol. The van der Waals surface area contributed by atoms with Crippen molar-refractivity contribution in [2.75, 3.05) is 24.4 Å². The summed E-state index contributed by atoms with van der Waals surface area (Å²) in [5.41, 5.74) is 0.600. The molecule has 9 heteroatoms. The summed E-state index contributed by atoms with van der Waals surface area (Å²) >= 11 is 0. The van der Waals surface area contributed by atoms with E-state index in [1.807, 2.05) is 13.0 Å². The molecule has 0 saturated heterocycles. The minimum Gasteiger partial charge on any atom is -0.493 e. The minimum atomic E-state index is -4.52. The average molecular weight is 458 g/mol. The van der Waals surface area contributed by atoms with Gasteiger partial charge < -0.3 is 20.1 Å². The summed E-state index contributed by atoms with van der Waals surface area (Å²) < 4.78 is 49.3. The summed E-state index contributed by atoms with van der Waals surface area (Å²) in [6.07, 6.45) is -4.52. The molecule has 0 fully saturated rings. The third-order valence-corrected chi connectivity index (χ3v) is 4.53. The Morgan fingerprint density at radius 1 is 0.879 bits per heavy atom. The van der Waals surface area contributed by atoms with Crippen molar-refractivity contribution in [3.8, 4) is 11.5 Å². The lowest BCUT2D eigenvalue weighted by molar-refractivity contribution is -0.137. The smallest absolute Gasteiger partial charge is 0.416 e. The van der Waals surface area contributed by atoms with Crippen LogP contribution in [0.2, 0.25) is 0 Å². The van der Waals surface area contributed by atoms with Crippen molar-refractivity contribution in [3.63, 3.8) is 0 Å². The number of ether oxygens (including phenoxy) is 2. The quantitative estimate of drug-likeness (QED) is 0.504. The van der Waals surface area contributed by atoms with Gasteiger partial charge in [0.1, 0.15) is 0 Å². The van der Waals surface area contributed by atoms with Crippen molar-refractivity contribution >= 4 is 23.2 Å². The van der Waals surface area contributed by atoms with E-state index in [0.717, 1.165) is 17.7 Å². The fourth-order valence-electron chi connectivity index (χ4n) is 2.95. The first kappa shape index (κ1) is 23.6. The zero-order valence-corrected chi connectivity index (χ0v) is 17.8. The number of amides is 2. The molecule has 0 bridgehead atoms. The molecule has 2 N–H and O–H groups in total. The maximum atomic E-state index is 12.9. The van der Waals surface area contributed by atoms with Crippen LogP contribution < -0.4 is 20.1 Å². The van der Waals surface area contributed by atoms with Crippen LogP contribution in [0.15, 0.2) is 66.7 Å². The predicted octanol–water partition coefficient (Wildman–Crippen LogP) is 5.29. The van der Waals surface area contributed by atoms with Crippen LogP contribution in [0.5, 0.6) is 11.5 Å². The van der Waals surface area contributed by atoms with Crippen LogP contribution in [-0.4, -0.2) is 25.5 Å². The normalized spacial score (nSPS) is 10.9. The van der Waals surface area contributed by atoms with Crippen LogP contribution in [0.1, 0.15) is 21.5 Å². The highest BCUT2D eigenvalue weighted by atomic mass is 19.4. The number of hydrogen-bond donors (Lipinski definition) is 2.